The van der Waals surface area contributed by atoms with E-state index in [0.29, 0.717) is 75.1 Å². The minimum atomic E-state index is -0.555. The second-order valence-electron chi connectivity index (χ2n) is 10.4. The molecule has 0 aromatic heterocycles. The summed E-state index contributed by atoms with van der Waals surface area (Å²) < 4.78 is 26.3. The summed E-state index contributed by atoms with van der Waals surface area (Å²) in [7, 11) is 0. The molecule has 3 aliphatic rings. The van der Waals surface area contributed by atoms with E-state index in [-0.39, 0.29) is 17.6 Å². The van der Waals surface area contributed by atoms with Gasteiger partial charge in [0.25, 0.3) is 5.91 Å². The Kier molecular flexibility index (Phi) is 7.09. The van der Waals surface area contributed by atoms with Gasteiger partial charge in [0.2, 0.25) is 5.91 Å². The predicted octanol–water partition coefficient (Wildman–Crippen LogP) is 4.81. The van der Waals surface area contributed by atoms with Crippen LogP contribution >= 0.6 is 0 Å². The molecule has 0 aliphatic carbocycles. The van der Waals surface area contributed by atoms with Gasteiger partial charge in [0.15, 0.2) is 11.5 Å². The number of nitrogens with zero attached hydrogens (tertiary/aromatic N) is 3. The highest BCUT2D eigenvalue weighted by Gasteiger charge is 2.48. The molecule has 3 aromatic carbocycles. The van der Waals surface area contributed by atoms with Gasteiger partial charge in [-0.05, 0) is 67.3 Å². The largest absolute Gasteiger partial charge is 0.490 e. The summed E-state index contributed by atoms with van der Waals surface area (Å²) in [5.74, 6) is 0.440. The van der Waals surface area contributed by atoms with E-state index in [2.05, 4.69) is 0 Å². The minimum Gasteiger partial charge on any atom is -0.490 e. The third-order valence-electron chi connectivity index (χ3n) is 8.24. The van der Waals surface area contributed by atoms with Crippen LogP contribution in [0.5, 0.6) is 11.5 Å². The smallest absolute Gasteiger partial charge is 0.254 e. The Morgan fingerprint density at radius 1 is 0.875 bits per heavy atom. The molecule has 0 bridgehead atoms. The number of amides is 2. The zero-order valence-electron chi connectivity index (χ0n) is 22.9. The van der Waals surface area contributed by atoms with Crippen molar-refractivity contribution >= 4 is 17.5 Å². The summed E-state index contributed by atoms with van der Waals surface area (Å²) in [6.07, 6.45) is 0.675. The van der Waals surface area contributed by atoms with Crippen molar-refractivity contribution in [1.29, 1.82) is 0 Å². The highest BCUT2D eigenvalue weighted by molar-refractivity contribution is 6.01. The van der Waals surface area contributed by atoms with E-state index in [0.717, 1.165) is 16.7 Å². The lowest BCUT2D eigenvalue weighted by atomic mass is 9.75. The molecular weight excluding hydrogens is 509 g/mol. The van der Waals surface area contributed by atoms with Crippen molar-refractivity contribution in [2.24, 2.45) is 0 Å². The number of halogens is 1. The van der Waals surface area contributed by atoms with Crippen molar-refractivity contribution in [2.45, 2.75) is 32.2 Å². The molecule has 3 aliphatic heterocycles. The molecule has 2 amide bonds. The zero-order chi connectivity index (χ0) is 27.8. The van der Waals surface area contributed by atoms with Crippen LogP contribution in [0.1, 0.15) is 52.9 Å². The van der Waals surface area contributed by atoms with Gasteiger partial charge in [0.1, 0.15) is 5.82 Å². The van der Waals surface area contributed by atoms with Crippen LogP contribution < -0.4 is 14.4 Å². The molecule has 7 nitrogen and oxygen atoms in total. The minimum absolute atomic E-state index is 0.0113. The number of rotatable bonds is 6. The first kappa shape index (κ1) is 26.2. The van der Waals surface area contributed by atoms with Crippen LogP contribution in [0, 0.1) is 5.82 Å². The zero-order valence-corrected chi connectivity index (χ0v) is 22.9. The van der Waals surface area contributed by atoms with Gasteiger partial charge in [-0.15, -0.1) is 0 Å². The topological polar surface area (TPSA) is 62.3 Å². The number of hydrogen-bond acceptors (Lipinski definition) is 5. The summed E-state index contributed by atoms with van der Waals surface area (Å²) >= 11 is 0. The Hall–Kier alpha value is -4.07. The highest BCUT2D eigenvalue weighted by atomic mass is 19.1. The number of carbonyl (C=O) groups excluding carboxylic acids is 2. The lowest BCUT2D eigenvalue weighted by Gasteiger charge is -2.47. The van der Waals surface area contributed by atoms with Gasteiger partial charge in [0, 0.05) is 38.3 Å². The lowest BCUT2D eigenvalue weighted by molar-refractivity contribution is -0.135. The lowest BCUT2D eigenvalue weighted by Crippen LogP contribution is -2.54. The standard InChI is InChI=1S/C32H34FN3O4/c1-3-39-27-19-21-13-14-36-30(24(21)20-28(27)40-4-2)29(22-9-5-6-10-23(22)31(36)37)32(38)35-17-15-34(16-18-35)26-12-8-7-11-25(26)33/h5-12,19-20,29-30H,3-4,13-18H2,1-2H3/t29-,30+/m0/s1. The van der Waals surface area contributed by atoms with Crippen molar-refractivity contribution in [3.8, 4) is 11.5 Å². The van der Waals surface area contributed by atoms with E-state index in [1.165, 1.54) is 6.07 Å². The molecule has 0 N–H and O–H groups in total. The first-order valence-corrected chi connectivity index (χ1v) is 14.1. The molecule has 2 atom stereocenters. The first-order chi connectivity index (χ1) is 19.5. The summed E-state index contributed by atoms with van der Waals surface area (Å²) in [4.78, 5) is 33.9. The fraction of sp³-hybridized carbons (Fsp3) is 0.375. The molecule has 40 heavy (non-hydrogen) atoms. The van der Waals surface area contributed by atoms with Crippen LogP contribution in [0.25, 0.3) is 0 Å². The fourth-order valence-electron chi connectivity index (χ4n) is 6.41. The number of benzene rings is 3. The van der Waals surface area contributed by atoms with Crippen LogP contribution in [-0.4, -0.2) is 67.6 Å². The molecule has 0 unspecified atom stereocenters. The number of carbonyl (C=O) groups is 2. The number of fused-ring (bicyclic) bond motifs is 4. The van der Waals surface area contributed by atoms with Crippen LogP contribution in [0.15, 0.2) is 60.7 Å². The van der Waals surface area contributed by atoms with E-state index in [1.54, 1.807) is 12.1 Å². The van der Waals surface area contributed by atoms with E-state index in [9.17, 15) is 14.0 Å². The van der Waals surface area contributed by atoms with Crippen LogP contribution in [0.4, 0.5) is 10.1 Å². The van der Waals surface area contributed by atoms with Gasteiger partial charge < -0.3 is 24.2 Å². The normalized spacial score (nSPS) is 20.0. The van der Waals surface area contributed by atoms with Gasteiger partial charge in [0.05, 0.1) is 30.9 Å². The van der Waals surface area contributed by atoms with Crippen molar-refractivity contribution in [1.82, 2.24) is 9.80 Å². The van der Waals surface area contributed by atoms with E-state index >= 15 is 0 Å². The second-order valence-corrected chi connectivity index (χ2v) is 10.4. The maximum Gasteiger partial charge on any atom is 0.254 e. The van der Waals surface area contributed by atoms with Gasteiger partial charge in [-0.1, -0.05) is 30.3 Å². The number of anilines is 1. The van der Waals surface area contributed by atoms with Gasteiger partial charge in [-0.25, -0.2) is 4.39 Å². The Bertz CT molecular complexity index is 1440. The maximum atomic E-state index is 14.4. The van der Waals surface area contributed by atoms with Crippen molar-refractivity contribution in [2.75, 3.05) is 50.8 Å². The summed E-state index contributed by atoms with van der Waals surface area (Å²) in [5.41, 5.74) is 3.91. The molecule has 208 valence electrons. The Balaban J connectivity index is 1.37. The first-order valence-electron chi connectivity index (χ1n) is 14.1. The summed E-state index contributed by atoms with van der Waals surface area (Å²) in [6.45, 7) is 7.41. The number of para-hydroxylation sites is 1. The third-order valence-corrected chi connectivity index (χ3v) is 8.24. The number of hydrogen-bond donors (Lipinski definition) is 0. The molecular formula is C32H34FN3O4. The maximum absolute atomic E-state index is 14.4. The van der Waals surface area contributed by atoms with Gasteiger partial charge in [-0.3, -0.25) is 9.59 Å². The van der Waals surface area contributed by atoms with E-state index in [4.69, 9.17) is 9.47 Å². The SMILES string of the molecule is CCOc1cc2c(cc1OCC)[C@@H]1[C@@H](C(=O)N3CCN(c4ccccc4F)CC3)c3ccccc3C(=O)N1CC2. The highest BCUT2D eigenvalue weighted by Crippen LogP contribution is 2.49. The van der Waals surface area contributed by atoms with E-state index in [1.807, 2.05) is 71.0 Å². The second kappa shape index (κ2) is 10.8. The molecule has 3 heterocycles. The Morgan fingerprint density at radius 2 is 1.55 bits per heavy atom. The fourth-order valence-corrected chi connectivity index (χ4v) is 6.41. The monoisotopic (exact) mass is 543 g/mol. The molecule has 0 radical (unpaired) electrons. The van der Waals surface area contributed by atoms with Crippen molar-refractivity contribution in [3.05, 3.63) is 88.7 Å². The molecule has 1 saturated heterocycles. The van der Waals surface area contributed by atoms with Gasteiger partial charge in [-0.2, -0.15) is 0 Å². The quantitative estimate of drug-likeness (QED) is 0.447. The molecule has 3 aromatic rings. The number of piperazine rings is 1. The Labute approximate surface area is 234 Å². The summed E-state index contributed by atoms with van der Waals surface area (Å²) in [6, 6.07) is 17.8. The van der Waals surface area contributed by atoms with Crippen LogP contribution in [-0.2, 0) is 11.2 Å². The molecule has 8 heteroatoms. The number of ether oxygens (including phenoxy) is 2. The predicted molar refractivity (Wildman–Crippen MR) is 151 cm³/mol. The van der Waals surface area contributed by atoms with Crippen LogP contribution in [0.2, 0.25) is 0 Å². The molecule has 1 fully saturated rings. The molecule has 0 spiro atoms. The Morgan fingerprint density at radius 3 is 2.27 bits per heavy atom. The van der Waals surface area contributed by atoms with Crippen molar-refractivity contribution < 1.29 is 23.5 Å². The molecule has 6 rings (SSSR count). The van der Waals surface area contributed by atoms with E-state index < -0.39 is 12.0 Å². The average molecular weight is 544 g/mol. The van der Waals surface area contributed by atoms with Crippen LogP contribution in [0.3, 0.4) is 0 Å². The summed E-state index contributed by atoms with van der Waals surface area (Å²) in [5, 5.41) is 0. The van der Waals surface area contributed by atoms with Crippen molar-refractivity contribution in [3.63, 3.8) is 0 Å². The third kappa shape index (κ3) is 4.45. The van der Waals surface area contributed by atoms with Gasteiger partial charge >= 0.3 is 0 Å². The molecule has 0 saturated carbocycles. The average Bonchev–Trinajstić information content (AvgIpc) is 2.98.